The van der Waals surface area contributed by atoms with Crippen molar-refractivity contribution in [1.82, 2.24) is 10.3 Å². The lowest BCUT2D eigenvalue weighted by Crippen LogP contribution is -2.16. The minimum absolute atomic E-state index is 0.0725. The molecule has 2 heterocycles. The summed E-state index contributed by atoms with van der Waals surface area (Å²) in [5.41, 5.74) is 4.88. The predicted octanol–water partition coefficient (Wildman–Crippen LogP) is 3.93. The van der Waals surface area contributed by atoms with E-state index in [2.05, 4.69) is 55.3 Å². The van der Waals surface area contributed by atoms with E-state index in [1.54, 1.807) is 12.4 Å². The number of rotatable bonds is 2. The smallest absolute Gasteiger partial charge is 0.255 e. The molecule has 0 atom stereocenters. The van der Waals surface area contributed by atoms with Crippen LogP contribution in [0.2, 0.25) is 0 Å². The van der Waals surface area contributed by atoms with Gasteiger partial charge in [-0.3, -0.25) is 9.78 Å². The number of nitrogens with zero attached hydrogens (tertiary/aromatic N) is 1. The zero-order chi connectivity index (χ0) is 16.4. The molecule has 23 heavy (non-hydrogen) atoms. The molecule has 2 aromatic rings. The first-order valence-electron chi connectivity index (χ1n) is 7.69. The first-order valence-corrected chi connectivity index (χ1v) is 7.69. The van der Waals surface area contributed by atoms with Gasteiger partial charge >= 0.3 is 0 Å². The summed E-state index contributed by atoms with van der Waals surface area (Å²) in [6, 6.07) is 12.1. The highest BCUT2D eigenvalue weighted by molar-refractivity contribution is 6.10. The highest BCUT2D eigenvalue weighted by Gasteiger charge is 2.20. The summed E-state index contributed by atoms with van der Waals surface area (Å²) in [6.45, 7) is 6.57. The van der Waals surface area contributed by atoms with Crippen LogP contribution in [-0.2, 0) is 10.2 Å². The molecule has 3 nitrogen and oxygen atoms in total. The fourth-order valence-electron chi connectivity index (χ4n) is 2.50. The number of pyridine rings is 1. The Bertz CT molecular complexity index is 779. The maximum Gasteiger partial charge on any atom is 0.255 e. The summed E-state index contributed by atoms with van der Waals surface area (Å²) in [4.78, 5) is 16.1. The fraction of sp³-hybridized carbons (Fsp3) is 0.200. The SMILES string of the molecule is CC(C)(C)c1ccc(C2=CC(=Cc3ccncc3)C(=O)N2)cc1. The molecule has 0 spiro atoms. The molecular formula is C20H20N2O. The Hall–Kier alpha value is -2.68. The van der Waals surface area contributed by atoms with Crippen molar-refractivity contribution in [3.05, 3.63) is 77.1 Å². The molecule has 0 aliphatic carbocycles. The highest BCUT2D eigenvalue weighted by Crippen LogP contribution is 2.26. The first kappa shape index (κ1) is 15.2. The molecule has 1 aliphatic rings. The van der Waals surface area contributed by atoms with Crippen molar-refractivity contribution in [3.8, 4) is 0 Å². The van der Waals surface area contributed by atoms with Gasteiger partial charge in [-0.25, -0.2) is 0 Å². The van der Waals surface area contributed by atoms with Gasteiger partial charge in [0.1, 0.15) is 0 Å². The second-order valence-corrected chi connectivity index (χ2v) is 6.72. The summed E-state index contributed by atoms with van der Waals surface area (Å²) < 4.78 is 0. The van der Waals surface area contributed by atoms with Crippen molar-refractivity contribution >= 4 is 17.7 Å². The van der Waals surface area contributed by atoms with Crippen LogP contribution in [0.5, 0.6) is 0 Å². The lowest BCUT2D eigenvalue weighted by Gasteiger charge is -2.19. The van der Waals surface area contributed by atoms with E-state index in [9.17, 15) is 4.79 Å². The van der Waals surface area contributed by atoms with Gasteiger partial charge < -0.3 is 5.32 Å². The molecule has 1 amide bonds. The van der Waals surface area contributed by atoms with Crippen molar-refractivity contribution < 1.29 is 4.79 Å². The molecule has 1 aliphatic heterocycles. The van der Waals surface area contributed by atoms with Crippen LogP contribution in [-0.4, -0.2) is 10.9 Å². The van der Waals surface area contributed by atoms with E-state index in [1.807, 2.05) is 24.3 Å². The minimum atomic E-state index is -0.0725. The molecule has 1 aromatic heterocycles. The predicted molar refractivity (Wildman–Crippen MR) is 93.5 cm³/mol. The zero-order valence-electron chi connectivity index (χ0n) is 13.6. The normalized spacial score (nSPS) is 16.4. The number of amides is 1. The van der Waals surface area contributed by atoms with Gasteiger partial charge in [-0.2, -0.15) is 0 Å². The Morgan fingerprint density at radius 2 is 1.65 bits per heavy atom. The summed E-state index contributed by atoms with van der Waals surface area (Å²) in [6.07, 6.45) is 7.20. The number of carbonyl (C=O) groups excluding carboxylic acids is 1. The van der Waals surface area contributed by atoms with Crippen molar-refractivity contribution in [2.45, 2.75) is 26.2 Å². The van der Waals surface area contributed by atoms with Crippen LogP contribution in [0.15, 0.2) is 60.4 Å². The van der Waals surface area contributed by atoms with Gasteiger partial charge in [0.05, 0.1) is 0 Å². The maximum absolute atomic E-state index is 12.1. The Labute approximate surface area is 136 Å². The molecule has 0 unspecified atom stereocenters. The summed E-state index contributed by atoms with van der Waals surface area (Å²) in [7, 11) is 0. The molecular weight excluding hydrogens is 284 g/mol. The lowest BCUT2D eigenvalue weighted by atomic mass is 9.86. The third-order valence-electron chi connectivity index (χ3n) is 3.90. The molecule has 0 saturated carbocycles. The zero-order valence-corrected chi connectivity index (χ0v) is 13.6. The molecule has 0 bridgehead atoms. The molecule has 0 radical (unpaired) electrons. The van der Waals surface area contributed by atoms with Crippen molar-refractivity contribution in [1.29, 1.82) is 0 Å². The number of hydrogen-bond acceptors (Lipinski definition) is 2. The standard InChI is InChI=1S/C20H20N2O/c1-20(2,3)17-6-4-15(5-7-17)18-13-16(19(23)22-18)12-14-8-10-21-11-9-14/h4-13H,1-3H3,(H,22,23). The number of nitrogens with one attached hydrogen (secondary N) is 1. The van der Waals surface area contributed by atoms with E-state index >= 15 is 0 Å². The van der Waals surface area contributed by atoms with Crippen molar-refractivity contribution in [2.75, 3.05) is 0 Å². The lowest BCUT2D eigenvalue weighted by molar-refractivity contribution is -0.115. The van der Waals surface area contributed by atoms with Gasteiger partial charge in [0.15, 0.2) is 0 Å². The van der Waals surface area contributed by atoms with Gasteiger partial charge in [0.2, 0.25) is 0 Å². The van der Waals surface area contributed by atoms with E-state index < -0.39 is 0 Å². The van der Waals surface area contributed by atoms with Crippen LogP contribution in [0.25, 0.3) is 11.8 Å². The van der Waals surface area contributed by atoms with Crippen LogP contribution < -0.4 is 5.32 Å². The highest BCUT2D eigenvalue weighted by atomic mass is 16.1. The summed E-state index contributed by atoms with van der Waals surface area (Å²) in [5.74, 6) is -0.0725. The Balaban J connectivity index is 1.88. The molecule has 1 N–H and O–H groups in total. The van der Waals surface area contributed by atoms with Crippen LogP contribution in [0.1, 0.15) is 37.5 Å². The summed E-state index contributed by atoms with van der Waals surface area (Å²) >= 11 is 0. The molecule has 0 fully saturated rings. The molecule has 3 rings (SSSR count). The number of hydrogen-bond donors (Lipinski definition) is 1. The van der Waals surface area contributed by atoms with Gasteiger partial charge in [-0.05, 0) is 46.4 Å². The molecule has 116 valence electrons. The monoisotopic (exact) mass is 304 g/mol. The maximum atomic E-state index is 12.1. The second-order valence-electron chi connectivity index (χ2n) is 6.72. The largest absolute Gasteiger partial charge is 0.321 e. The van der Waals surface area contributed by atoms with Gasteiger partial charge in [0, 0.05) is 23.7 Å². The fourth-order valence-corrected chi connectivity index (χ4v) is 2.50. The van der Waals surface area contributed by atoms with Crippen LogP contribution in [0, 0.1) is 0 Å². The molecule has 1 aromatic carbocycles. The van der Waals surface area contributed by atoms with Crippen LogP contribution >= 0.6 is 0 Å². The van der Waals surface area contributed by atoms with E-state index in [4.69, 9.17) is 0 Å². The molecule has 0 saturated heterocycles. The number of benzene rings is 1. The molecule has 3 heteroatoms. The Kier molecular flexibility index (Phi) is 3.87. The average molecular weight is 304 g/mol. The van der Waals surface area contributed by atoms with Crippen molar-refractivity contribution in [2.24, 2.45) is 0 Å². The van der Waals surface area contributed by atoms with Crippen LogP contribution in [0.4, 0.5) is 0 Å². The third kappa shape index (κ3) is 3.39. The van der Waals surface area contributed by atoms with E-state index in [1.165, 1.54) is 5.56 Å². The number of aromatic nitrogens is 1. The topological polar surface area (TPSA) is 42.0 Å². The summed E-state index contributed by atoms with van der Waals surface area (Å²) in [5, 5.41) is 2.94. The van der Waals surface area contributed by atoms with E-state index in [0.717, 1.165) is 16.8 Å². The number of carbonyl (C=O) groups is 1. The first-order chi connectivity index (χ1) is 10.9. The van der Waals surface area contributed by atoms with Gasteiger partial charge in [0.25, 0.3) is 5.91 Å². The van der Waals surface area contributed by atoms with E-state index in [0.29, 0.717) is 5.57 Å². The Morgan fingerprint density at radius 3 is 2.26 bits per heavy atom. The average Bonchev–Trinajstić information content (AvgIpc) is 2.89. The second kappa shape index (κ2) is 5.84. The van der Waals surface area contributed by atoms with Crippen molar-refractivity contribution in [3.63, 3.8) is 0 Å². The quantitative estimate of drug-likeness (QED) is 0.854. The minimum Gasteiger partial charge on any atom is -0.321 e. The van der Waals surface area contributed by atoms with Crippen LogP contribution in [0.3, 0.4) is 0 Å². The van der Waals surface area contributed by atoms with E-state index in [-0.39, 0.29) is 11.3 Å². The Morgan fingerprint density at radius 1 is 1.00 bits per heavy atom. The van der Waals surface area contributed by atoms with Gasteiger partial charge in [-0.1, -0.05) is 45.0 Å². The third-order valence-corrected chi connectivity index (χ3v) is 3.90. The van der Waals surface area contributed by atoms with Gasteiger partial charge in [-0.15, -0.1) is 0 Å².